The van der Waals surface area contributed by atoms with Crippen molar-refractivity contribution in [2.45, 2.75) is 82.0 Å². The zero-order valence-electron chi connectivity index (χ0n) is 21.2. The van der Waals surface area contributed by atoms with Crippen LogP contribution in [0, 0.1) is 5.92 Å². The first kappa shape index (κ1) is 26.2. The summed E-state index contributed by atoms with van der Waals surface area (Å²) in [4.78, 5) is 20.2. The van der Waals surface area contributed by atoms with Gasteiger partial charge in [-0.3, -0.25) is 0 Å². The highest BCUT2D eigenvalue weighted by Gasteiger charge is 2.25. The number of pyridine rings is 1. The van der Waals surface area contributed by atoms with Crippen LogP contribution in [0.4, 0.5) is 10.6 Å². The molecular weight excluding hydrogens is 478 g/mol. The van der Waals surface area contributed by atoms with Crippen molar-refractivity contribution in [1.82, 2.24) is 9.88 Å². The molecule has 1 aliphatic carbocycles. The van der Waals surface area contributed by atoms with Gasteiger partial charge < -0.3 is 15.0 Å². The molecule has 35 heavy (non-hydrogen) atoms. The van der Waals surface area contributed by atoms with Crippen LogP contribution in [0.25, 0.3) is 0 Å². The number of aromatic nitrogens is 1. The Hall–Kier alpha value is -1.92. The number of carbonyl (C=O) groups excluding carboxylic acids is 1. The number of rotatable bonds is 6. The van der Waals surface area contributed by atoms with Crippen molar-refractivity contribution in [3.8, 4) is 0 Å². The molecule has 0 radical (unpaired) electrons. The van der Waals surface area contributed by atoms with Gasteiger partial charge in [0.1, 0.15) is 11.4 Å². The third-order valence-electron chi connectivity index (χ3n) is 6.75. The molecule has 0 atom stereocenters. The van der Waals surface area contributed by atoms with Crippen molar-refractivity contribution in [1.29, 1.82) is 0 Å². The third-order valence-corrected chi connectivity index (χ3v) is 8.41. The Labute approximate surface area is 219 Å². The lowest BCUT2D eigenvalue weighted by Gasteiger charge is -2.26. The van der Waals surface area contributed by atoms with Gasteiger partial charge in [0.15, 0.2) is 0 Å². The number of nitrogens with one attached hydrogen (secondary N) is 1. The third kappa shape index (κ3) is 7.53. The second kappa shape index (κ2) is 11.9. The molecule has 1 fully saturated rings. The van der Waals surface area contributed by atoms with E-state index in [0.29, 0.717) is 13.1 Å². The van der Waals surface area contributed by atoms with Gasteiger partial charge in [0, 0.05) is 36.5 Å². The van der Waals surface area contributed by atoms with E-state index in [1.54, 1.807) is 11.8 Å². The summed E-state index contributed by atoms with van der Waals surface area (Å²) in [6.07, 6.45) is 10.1. The van der Waals surface area contributed by atoms with Gasteiger partial charge in [-0.15, -0.1) is 11.8 Å². The van der Waals surface area contributed by atoms with E-state index >= 15 is 0 Å². The van der Waals surface area contributed by atoms with E-state index in [1.165, 1.54) is 48.8 Å². The van der Waals surface area contributed by atoms with Gasteiger partial charge in [-0.25, -0.2) is 9.78 Å². The van der Waals surface area contributed by atoms with Gasteiger partial charge in [-0.05, 0) is 81.2 Å². The molecule has 190 valence electrons. The molecule has 1 aliphatic heterocycles. The zero-order chi connectivity index (χ0) is 24.8. The Kier molecular flexibility index (Phi) is 8.87. The minimum Gasteiger partial charge on any atom is -0.444 e. The van der Waals surface area contributed by atoms with E-state index in [9.17, 15) is 4.79 Å². The Morgan fingerprint density at radius 2 is 1.91 bits per heavy atom. The number of anilines is 1. The van der Waals surface area contributed by atoms with E-state index < -0.39 is 5.60 Å². The molecule has 4 rings (SSSR count). The predicted octanol–water partition coefficient (Wildman–Crippen LogP) is 7.36. The fourth-order valence-electron chi connectivity index (χ4n) is 4.84. The summed E-state index contributed by atoms with van der Waals surface area (Å²) in [5.41, 5.74) is 3.21. The lowest BCUT2D eigenvalue weighted by atomic mass is 9.89. The second-order valence-corrected chi connectivity index (χ2v) is 12.1. The summed E-state index contributed by atoms with van der Waals surface area (Å²) >= 11 is 8.41. The lowest BCUT2D eigenvalue weighted by molar-refractivity contribution is 0.0258. The molecular formula is C28H38ClN3O2S. The van der Waals surface area contributed by atoms with Crippen molar-refractivity contribution in [3.05, 3.63) is 52.2 Å². The summed E-state index contributed by atoms with van der Waals surface area (Å²) in [6.45, 7) is 8.03. The number of carbonyl (C=O) groups is 1. The van der Waals surface area contributed by atoms with Crippen molar-refractivity contribution < 1.29 is 9.53 Å². The average molecular weight is 516 g/mol. The number of fused-ring (bicyclic) bond motifs is 1. The molecule has 0 saturated heterocycles. The number of hydrogen-bond donors (Lipinski definition) is 1. The molecule has 1 aromatic heterocycles. The van der Waals surface area contributed by atoms with E-state index in [0.717, 1.165) is 46.8 Å². The quantitative estimate of drug-likeness (QED) is 0.407. The number of ether oxygens (including phenoxy) is 1. The largest absolute Gasteiger partial charge is 0.444 e. The first-order valence-electron chi connectivity index (χ1n) is 12.9. The monoisotopic (exact) mass is 515 g/mol. The summed E-state index contributed by atoms with van der Waals surface area (Å²) in [6, 6.07) is 8.34. The summed E-state index contributed by atoms with van der Waals surface area (Å²) in [5, 5.41) is 4.29. The van der Waals surface area contributed by atoms with Crippen molar-refractivity contribution in [3.63, 3.8) is 0 Å². The maximum Gasteiger partial charge on any atom is 0.410 e. The molecule has 5 nitrogen and oxygen atoms in total. The standard InChI is InChI=1S/C28H38ClN3O2S/c1-28(2,3)34-27(33)32-15-13-22-10-11-24(29)26(23(22)14-16-32)35-19-21-9-12-25(31-18-21)30-17-20-7-5-4-6-8-20/h9-12,18,20H,4-8,13-17,19H2,1-3H3,(H,30,31). The molecule has 1 N–H and O–H groups in total. The molecule has 2 heterocycles. The fraction of sp³-hybridized carbons (Fsp3) is 0.571. The summed E-state index contributed by atoms with van der Waals surface area (Å²) in [7, 11) is 0. The minimum atomic E-state index is -0.491. The van der Waals surface area contributed by atoms with Gasteiger partial charge >= 0.3 is 6.09 Å². The van der Waals surface area contributed by atoms with Gasteiger partial charge in [-0.2, -0.15) is 0 Å². The van der Waals surface area contributed by atoms with Crippen LogP contribution in [0.15, 0.2) is 35.4 Å². The topological polar surface area (TPSA) is 54.5 Å². The van der Waals surface area contributed by atoms with Crippen molar-refractivity contribution in [2.75, 3.05) is 25.0 Å². The number of benzene rings is 1. The number of amides is 1. The lowest BCUT2D eigenvalue weighted by Crippen LogP contribution is -2.38. The average Bonchev–Trinajstić information content (AvgIpc) is 3.05. The van der Waals surface area contributed by atoms with E-state index in [4.69, 9.17) is 16.3 Å². The minimum absolute atomic E-state index is 0.242. The Balaban J connectivity index is 1.35. The smallest absolute Gasteiger partial charge is 0.410 e. The molecule has 0 spiro atoms. The van der Waals surface area contributed by atoms with Crippen molar-refractivity contribution >= 4 is 35.3 Å². The maximum absolute atomic E-state index is 12.6. The van der Waals surface area contributed by atoms with Gasteiger partial charge in [-0.1, -0.05) is 43.0 Å². The SMILES string of the molecule is CC(C)(C)OC(=O)N1CCc2ccc(Cl)c(SCc3ccc(NCC4CCCCC4)nc3)c2CC1. The fourth-order valence-corrected chi connectivity index (χ4v) is 6.27. The number of thioether (sulfide) groups is 1. The molecule has 1 amide bonds. The Morgan fingerprint density at radius 3 is 2.63 bits per heavy atom. The molecule has 7 heteroatoms. The van der Waals surface area contributed by atoms with Gasteiger partial charge in [0.25, 0.3) is 0 Å². The van der Waals surface area contributed by atoms with Crippen molar-refractivity contribution in [2.24, 2.45) is 5.92 Å². The van der Waals surface area contributed by atoms with E-state index in [-0.39, 0.29) is 6.09 Å². The molecule has 0 bridgehead atoms. The first-order valence-corrected chi connectivity index (χ1v) is 14.2. The Bertz CT molecular complexity index is 1000. The first-order chi connectivity index (χ1) is 16.8. The number of halogens is 1. The van der Waals surface area contributed by atoms with Crippen LogP contribution in [-0.2, 0) is 23.3 Å². The molecule has 2 aliphatic rings. The normalized spacial score (nSPS) is 17.0. The van der Waals surface area contributed by atoms with E-state index in [2.05, 4.69) is 28.5 Å². The number of hydrogen-bond acceptors (Lipinski definition) is 5. The van der Waals surface area contributed by atoms with Gasteiger partial charge in [0.05, 0.1) is 5.02 Å². The van der Waals surface area contributed by atoms with E-state index in [1.807, 2.05) is 37.9 Å². The van der Waals surface area contributed by atoms with Crippen LogP contribution >= 0.6 is 23.4 Å². The van der Waals surface area contributed by atoms with Crippen LogP contribution in [0.2, 0.25) is 5.02 Å². The molecule has 2 aromatic rings. The molecule has 1 saturated carbocycles. The Morgan fingerprint density at radius 1 is 1.14 bits per heavy atom. The highest BCUT2D eigenvalue weighted by atomic mass is 35.5. The van der Waals surface area contributed by atoms with Gasteiger partial charge in [0.2, 0.25) is 0 Å². The summed E-state index contributed by atoms with van der Waals surface area (Å²) in [5.74, 6) is 2.54. The van der Waals surface area contributed by atoms with Crippen LogP contribution in [-0.4, -0.2) is 41.2 Å². The van der Waals surface area contributed by atoms with Crippen LogP contribution < -0.4 is 5.32 Å². The highest BCUT2D eigenvalue weighted by molar-refractivity contribution is 7.98. The van der Waals surface area contributed by atoms with Crippen LogP contribution in [0.3, 0.4) is 0 Å². The second-order valence-electron chi connectivity index (χ2n) is 10.7. The molecule has 1 aromatic carbocycles. The molecule has 0 unspecified atom stereocenters. The zero-order valence-corrected chi connectivity index (χ0v) is 22.8. The number of nitrogens with zero attached hydrogens (tertiary/aromatic N) is 2. The predicted molar refractivity (Wildman–Crippen MR) is 146 cm³/mol. The van der Waals surface area contributed by atoms with Crippen LogP contribution in [0.5, 0.6) is 0 Å². The van der Waals surface area contributed by atoms with Crippen LogP contribution in [0.1, 0.15) is 69.6 Å². The summed E-state index contributed by atoms with van der Waals surface area (Å²) < 4.78 is 5.60. The maximum atomic E-state index is 12.6. The highest BCUT2D eigenvalue weighted by Crippen LogP contribution is 2.36.